The van der Waals surface area contributed by atoms with Crippen molar-refractivity contribution < 1.29 is 24.2 Å². The lowest BCUT2D eigenvalue weighted by Crippen LogP contribution is -2.67. The quantitative estimate of drug-likeness (QED) is 0.825. The first-order chi connectivity index (χ1) is 8.62. The predicted octanol–water partition coefficient (Wildman–Crippen LogP) is 0.766. The molecule has 0 radical (unpaired) electrons. The van der Waals surface area contributed by atoms with E-state index in [9.17, 15) is 9.59 Å². The highest BCUT2D eigenvalue weighted by Gasteiger charge is 2.48. The van der Waals surface area contributed by atoms with Gasteiger partial charge in [0.05, 0.1) is 13.2 Å². The average Bonchev–Trinajstić information content (AvgIpc) is 2.32. The molecule has 1 saturated heterocycles. The number of rotatable bonds is 4. The number of aliphatic carboxylic acids is 1. The topological polar surface area (TPSA) is 84.9 Å². The lowest BCUT2D eigenvalue weighted by Gasteiger charge is -2.37. The Labute approximate surface area is 104 Å². The van der Waals surface area contributed by atoms with E-state index in [0.29, 0.717) is 0 Å². The zero-order valence-electron chi connectivity index (χ0n) is 9.59. The molecule has 1 amide bonds. The van der Waals surface area contributed by atoms with Crippen molar-refractivity contribution >= 4 is 12.1 Å². The maximum atomic E-state index is 11.5. The fraction of sp³-hybridized carbons (Fsp3) is 0.333. The highest BCUT2D eigenvalue weighted by molar-refractivity contribution is 5.85. The Hall–Kier alpha value is -2.08. The van der Waals surface area contributed by atoms with Crippen LogP contribution in [-0.2, 0) is 20.9 Å². The molecule has 2 rings (SSSR count). The van der Waals surface area contributed by atoms with Gasteiger partial charge in [-0.25, -0.2) is 9.59 Å². The van der Waals surface area contributed by atoms with Gasteiger partial charge in [0.2, 0.25) is 0 Å². The van der Waals surface area contributed by atoms with E-state index in [0.717, 1.165) is 5.56 Å². The van der Waals surface area contributed by atoms with Crippen LogP contribution in [0.25, 0.3) is 0 Å². The molecule has 1 heterocycles. The number of nitrogens with one attached hydrogen (secondary N) is 1. The van der Waals surface area contributed by atoms with Gasteiger partial charge in [0, 0.05) is 0 Å². The van der Waals surface area contributed by atoms with Crippen LogP contribution >= 0.6 is 0 Å². The Kier molecular flexibility index (Phi) is 3.47. The molecule has 1 aliphatic rings. The van der Waals surface area contributed by atoms with E-state index >= 15 is 0 Å². The van der Waals surface area contributed by atoms with Crippen molar-refractivity contribution in [1.29, 1.82) is 0 Å². The van der Waals surface area contributed by atoms with Gasteiger partial charge in [0.1, 0.15) is 6.61 Å². The SMILES string of the molecule is O=C(NC1(C(=O)O)COC1)OCc1ccccc1. The first kappa shape index (κ1) is 12.4. The molecule has 6 nitrogen and oxygen atoms in total. The number of ether oxygens (including phenoxy) is 2. The Morgan fingerprint density at radius 2 is 2.00 bits per heavy atom. The number of benzene rings is 1. The van der Waals surface area contributed by atoms with E-state index < -0.39 is 17.6 Å². The normalized spacial score (nSPS) is 16.4. The summed E-state index contributed by atoms with van der Waals surface area (Å²) in [7, 11) is 0. The van der Waals surface area contributed by atoms with Crippen LogP contribution in [0, 0.1) is 0 Å². The van der Waals surface area contributed by atoms with E-state index in [2.05, 4.69) is 5.32 Å². The second kappa shape index (κ2) is 5.05. The highest BCUT2D eigenvalue weighted by Crippen LogP contribution is 2.17. The summed E-state index contributed by atoms with van der Waals surface area (Å²) in [6.07, 6.45) is -0.760. The minimum absolute atomic E-state index is 0.0389. The Bertz CT molecular complexity index is 441. The van der Waals surface area contributed by atoms with Crippen molar-refractivity contribution in [3.63, 3.8) is 0 Å². The molecule has 1 aromatic carbocycles. The van der Waals surface area contributed by atoms with Crippen LogP contribution in [-0.4, -0.2) is 35.9 Å². The number of carboxylic acid groups (broad SMARTS) is 1. The van der Waals surface area contributed by atoms with Crippen molar-refractivity contribution in [3.8, 4) is 0 Å². The molecular formula is C12H13NO5. The Balaban J connectivity index is 1.84. The number of hydrogen-bond donors (Lipinski definition) is 2. The van der Waals surface area contributed by atoms with Crippen molar-refractivity contribution in [3.05, 3.63) is 35.9 Å². The molecule has 1 aromatic rings. The molecule has 96 valence electrons. The van der Waals surface area contributed by atoms with Crippen LogP contribution in [0.4, 0.5) is 4.79 Å². The van der Waals surface area contributed by atoms with Crippen LogP contribution in [0.1, 0.15) is 5.56 Å². The summed E-state index contributed by atoms with van der Waals surface area (Å²) in [5.74, 6) is -1.12. The molecule has 2 N–H and O–H groups in total. The molecule has 0 aromatic heterocycles. The van der Waals surface area contributed by atoms with Gasteiger partial charge in [-0.15, -0.1) is 0 Å². The van der Waals surface area contributed by atoms with Crippen LogP contribution in [0.15, 0.2) is 30.3 Å². The summed E-state index contributed by atoms with van der Waals surface area (Å²) in [4.78, 5) is 22.4. The molecule has 1 fully saturated rings. The fourth-order valence-corrected chi connectivity index (χ4v) is 1.51. The first-order valence-corrected chi connectivity index (χ1v) is 5.42. The van der Waals surface area contributed by atoms with Crippen molar-refractivity contribution in [2.24, 2.45) is 0 Å². The largest absolute Gasteiger partial charge is 0.479 e. The van der Waals surface area contributed by atoms with Gasteiger partial charge in [-0.05, 0) is 5.56 Å². The van der Waals surface area contributed by atoms with E-state index in [-0.39, 0.29) is 19.8 Å². The summed E-state index contributed by atoms with van der Waals surface area (Å²) in [5, 5.41) is 11.3. The minimum atomic E-state index is -1.34. The monoisotopic (exact) mass is 251 g/mol. The van der Waals surface area contributed by atoms with Crippen molar-refractivity contribution in [2.75, 3.05) is 13.2 Å². The fourth-order valence-electron chi connectivity index (χ4n) is 1.51. The summed E-state index contributed by atoms with van der Waals surface area (Å²) < 4.78 is 9.75. The van der Waals surface area contributed by atoms with Gasteiger partial charge in [-0.3, -0.25) is 0 Å². The zero-order chi connectivity index (χ0) is 13.0. The number of carbonyl (C=O) groups excluding carboxylic acids is 1. The Morgan fingerprint density at radius 1 is 1.33 bits per heavy atom. The summed E-state index contributed by atoms with van der Waals surface area (Å²) in [5.41, 5.74) is -0.504. The molecule has 0 saturated carbocycles. The molecular weight excluding hydrogens is 238 g/mol. The number of carboxylic acids is 1. The zero-order valence-corrected chi connectivity index (χ0v) is 9.59. The lowest BCUT2D eigenvalue weighted by atomic mass is 9.98. The summed E-state index contributed by atoms with van der Waals surface area (Å²) in [6, 6.07) is 9.14. The standard InChI is InChI=1S/C12H13NO5/c14-10(15)12(7-17-8-12)13-11(16)18-6-9-4-2-1-3-5-9/h1-5H,6-8H2,(H,13,16)(H,14,15). The third-order valence-corrected chi connectivity index (χ3v) is 2.66. The van der Waals surface area contributed by atoms with E-state index in [1.165, 1.54) is 0 Å². The van der Waals surface area contributed by atoms with Crippen LogP contribution in [0.5, 0.6) is 0 Å². The number of amides is 1. The summed E-state index contributed by atoms with van der Waals surface area (Å²) in [6.45, 7) is 0.0226. The second-order valence-electron chi connectivity index (χ2n) is 4.07. The van der Waals surface area contributed by atoms with Gasteiger partial charge in [-0.1, -0.05) is 30.3 Å². The molecule has 0 atom stereocenters. The third kappa shape index (κ3) is 2.60. The van der Waals surface area contributed by atoms with Crippen molar-refractivity contribution in [2.45, 2.75) is 12.1 Å². The maximum absolute atomic E-state index is 11.5. The van der Waals surface area contributed by atoms with E-state index in [1.54, 1.807) is 0 Å². The van der Waals surface area contributed by atoms with E-state index in [4.69, 9.17) is 14.6 Å². The molecule has 1 aliphatic heterocycles. The summed E-state index contributed by atoms with van der Waals surface area (Å²) >= 11 is 0. The smallest absolute Gasteiger partial charge is 0.408 e. The molecule has 0 aliphatic carbocycles. The molecule has 0 bridgehead atoms. The molecule has 18 heavy (non-hydrogen) atoms. The predicted molar refractivity (Wildman–Crippen MR) is 60.9 cm³/mol. The van der Waals surface area contributed by atoms with Gasteiger partial charge < -0.3 is 19.9 Å². The minimum Gasteiger partial charge on any atom is -0.479 e. The van der Waals surface area contributed by atoms with Gasteiger partial charge in [0.25, 0.3) is 0 Å². The average molecular weight is 251 g/mol. The number of hydrogen-bond acceptors (Lipinski definition) is 4. The Morgan fingerprint density at radius 3 is 2.50 bits per heavy atom. The highest BCUT2D eigenvalue weighted by atomic mass is 16.6. The second-order valence-corrected chi connectivity index (χ2v) is 4.07. The van der Waals surface area contributed by atoms with Crippen molar-refractivity contribution in [1.82, 2.24) is 5.32 Å². The van der Waals surface area contributed by atoms with Crippen LogP contribution in [0.3, 0.4) is 0 Å². The number of carbonyl (C=O) groups is 2. The molecule has 6 heteroatoms. The van der Waals surface area contributed by atoms with Gasteiger partial charge in [-0.2, -0.15) is 0 Å². The van der Waals surface area contributed by atoms with Gasteiger partial charge >= 0.3 is 12.1 Å². The molecule has 0 spiro atoms. The molecule has 0 unspecified atom stereocenters. The van der Waals surface area contributed by atoms with Gasteiger partial charge in [0.15, 0.2) is 5.54 Å². The van der Waals surface area contributed by atoms with Crippen LogP contribution in [0.2, 0.25) is 0 Å². The maximum Gasteiger partial charge on any atom is 0.408 e. The van der Waals surface area contributed by atoms with E-state index in [1.807, 2.05) is 30.3 Å². The first-order valence-electron chi connectivity index (χ1n) is 5.42. The third-order valence-electron chi connectivity index (χ3n) is 2.66. The number of alkyl carbamates (subject to hydrolysis) is 1. The van der Waals surface area contributed by atoms with Crippen LogP contribution < -0.4 is 5.32 Å². The lowest BCUT2D eigenvalue weighted by molar-refractivity contribution is -0.165.